The number of piperidine rings is 1. The number of amides is 1. The molecule has 1 aromatic heterocycles. The number of nitrogens with one attached hydrogen (secondary N) is 1. The van der Waals surface area contributed by atoms with E-state index in [4.69, 9.17) is 5.73 Å². The first-order valence-corrected chi connectivity index (χ1v) is 15.1. The molecule has 2 aromatic rings. The van der Waals surface area contributed by atoms with E-state index in [1.807, 2.05) is 41.3 Å². The summed E-state index contributed by atoms with van der Waals surface area (Å²) < 4.78 is 26.8. The lowest BCUT2D eigenvalue weighted by Gasteiger charge is -2.35. The molecule has 2 fully saturated rings. The molecule has 3 N–H and O–H groups in total. The molecule has 6 nitrogen and oxygen atoms in total. The number of hydrogen-bond acceptors (Lipinski definition) is 5. The first-order valence-electron chi connectivity index (χ1n) is 15.1. The van der Waals surface area contributed by atoms with E-state index >= 15 is 0 Å². The Labute approximate surface area is 240 Å². The van der Waals surface area contributed by atoms with Crippen LogP contribution >= 0.6 is 0 Å². The van der Waals surface area contributed by atoms with Crippen molar-refractivity contribution in [2.24, 2.45) is 23.5 Å². The van der Waals surface area contributed by atoms with Crippen molar-refractivity contribution in [3.8, 4) is 0 Å². The number of halogens is 2. The number of hydrogen-bond donors (Lipinski definition) is 2. The maximum absolute atomic E-state index is 13.4. The third-order valence-electron chi connectivity index (χ3n) is 8.06. The fourth-order valence-corrected chi connectivity index (χ4v) is 5.11. The third-order valence-corrected chi connectivity index (χ3v) is 8.06. The Hall–Kier alpha value is -2.61. The normalized spacial score (nSPS) is 21.1. The summed E-state index contributed by atoms with van der Waals surface area (Å²) in [7, 11) is 0. The summed E-state index contributed by atoms with van der Waals surface area (Å²) in [6.07, 6.45) is 9.93. The molecule has 0 radical (unpaired) electrons. The number of nitrogens with two attached hydrogens (primary N) is 1. The number of carbonyl (C=O) groups is 1. The van der Waals surface area contributed by atoms with E-state index in [9.17, 15) is 13.6 Å². The lowest BCUT2D eigenvalue weighted by Crippen LogP contribution is -2.46. The second-order valence-electron chi connectivity index (χ2n) is 11.5. The van der Waals surface area contributed by atoms with E-state index in [1.54, 1.807) is 0 Å². The van der Waals surface area contributed by atoms with Crippen LogP contribution in [0.4, 0.5) is 14.7 Å². The highest BCUT2D eigenvalue weighted by Crippen LogP contribution is 2.27. The van der Waals surface area contributed by atoms with Crippen LogP contribution in [0.3, 0.4) is 0 Å². The topological polar surface area (TPSA) is 84.1 Å². The van der Waals surface area contributed by atoms with Crippen LogP contribution in [0.25, 0.3) is 0 Å². The van der Waals surface area contributed by atoms with Crippen molar-refractivity contribution in [2.45, 2.75) is 104 Å². The lowest BCUT2D eigenvalue weighted by atomic mass is 9.87. The van der Waals surface area contributed by atoms with Crippen LogP contribution in [0.15, 0.2) is 48.7 Å². The Bertz CT molecular complexity index is 919. The highest BCUT2D eigenvalue weighted by Gasteiger charge is 2.31. The highest BCUT2D eigenvalue weighted by atomic mass is 19.3. The molecular formula is C32H51F2N5O. The van der Waals surface area contributed by atoms with Crippen molar-refractivity contribution < 1.29 is 13.6 Å². The third kappa shape index (κ3) is 11.9. The average molecular weight is 560 g/mol. The predicted molar refractivity (Wildman–Crippen MR) is 160 cm³/mol. The fraction of sp³-hybridized carbons (Fsp3) is 0.656. The van der Waals surface area contributed by atoms with Gasteiger partial charge in [0.15, 0.2) is 0 Å². The van der Waals surface area contributed by atoms with Gasteiger partial charge in [-0.3, -0.25) is 4.79 Å². The highest BCUT2D eigenvalue weighted by molar-refractivity contribution is 5.79. The van der Waals surface area contributed by atoms with E-state index in [1.165, 1.54) is 37.9 Å². The molecule has 1 saturated carbocycles. The number of carbonyl (C=O) groups excluding carboxylic acids is 1. The SMILES string of the molecule is CC1CCC(N)CC1.CCC(C)[C@@H](CC)C(=O)N1CCC(Nc2nccc(C(C)(F)F)n2)CC1.c1ccccc1. The summed E-state index contributed by atoms with van der Waals surface area (Å²) in [6.45, 7) is 10.8. The summed E-state index contributed by atoms with van der Waals surface area (Å²) in [5.74, 6) is -1.12. The fourth-order valence-electron chi connectivity index (χ4n) is 5.11. The molecule has 1 aromatic carbocycles. The quantitative estimate of drug-likeness (QED) is 0.373. The molecule has 8 heteroatoms. The van der Waals surface area contributed by atoms with E-state index in [0.717, 1.165) is 38.5 Å². The molecule has 2 atom stereocenters. The van der Waals surface area contributed by atoms with Gasteiger partial charge >= 0.3 is 0 Å². The standard InChI is InChI=1S/C19H30F2N4O.C7H15N.C6H6/c1-5-13(3)15(6-2)17(26)25-11-8-14(9-12-25)23-18-22-10-7-16(24-18)19(4,20)21;1-6-2-4-7(8)5-3-6;1-2-4-6-5-3-1/h7,10,13-15H,5-6,8-9,11-12H2,1-4H3,(H,22,23,24);6-7H,2-5,8H2,1H3;1-6H/t13?,15-;;/m1../s1. The van der Waals surface area contributed by atoms with E-state index in [-0.39, 0.29) is 29.5 Å². The van der Waals surface area contributed by atoms with Crippen molar-refractivity contribution in [1.82, 2.24) is 14.9 Å². The van der Waals surface area contributed by atoms with Gasteiger partial charge in [-0.2, -0.15) is 8.78 Å². The smallest absolute Gasteiger partial charge is 0.287 e. The maximum atomic E-state index is 13.4. The summed E-state index contributed by atoms with van der Waals surface area (Å²) in [6, 6.07) is 13.8. The second kappa shape index (κ2) is 17.3. The molecule has 224 valence electrons. The molecule has 1 aliphatic heterocycles. The molecule has 40 heavy (non-hydrogen) atoms. The molecular weight excluding hydrogens is 508 g/mol. The molecule has 0 spiro atoms. The van der Waals surface area contributed by atoms with Crippen molar-refractivity contribution in [2.75, 3.05) is 18.4 Å². The Morgan fingerprint density at radius 1 is 1.02 bits per heavy atom. The van der Waals surface area contributed by atoms with Gasteiger partial charge in [-0.1, -0.05) is 70.5 Å². The van der Waals surface area contributed by atoms with E-state index in [2.05, 4.69) is 43.0 Å². The number of aromatic nitrogens is 2. The number of rotatable bonds is 7. The van der Waals surface area contributed by atoms with Crippen LogP contribution in [0.1, 0.15) is 91.7 Å². The molecule has 2 heterocycles. The first kappa shape index (κ1) is 33.6. The minimum atomic E-state index is -2.99. The van der Waals surface area contributed by atoms with E-state index in [0.29, 0.717) is 25.0 Å². The Balaban J connectivity index is 0.000000322. The molecule has 4 rings (SSSR count). The molecule has 1 amide bonds. The largest absolute Gasteiger partial charge is 0.351 e. The minimum absolute atomic E-state index is 0.0799. The summed E-state index contributed by atoms with van der Waals surface area (Å²) in [5, 5.41) is 3.14. The van der Waals surface area contributed by atoms with Crippen LogP contribution in [0.5, 0.6) is 0 Å². The van der Waals surface area contributed by atoms with Crippen LogP contribution in [0.2, 0.25) is 0 Å². The van der Waals surface area contributed by atoms with Crippen molar-refractivity contribution in [1.29, 1.82) is 0 Å². The monoisotopic (exact) mass is 559 g/mol. The van der Waals surface area contributed by atoms with Crippen molar-refractivity contribution in [3.05, 3.63) is 54.4 Å². The average Bonchev–Trinajstić information content (AvgIpc) is 2.96. The molecule has 1 saturated heterocycles. The van der Waals surface area contributed by atoms with Gasteiger partial charge < -0.3 is 16.0 Å². The maximum Gasteiger partial charge on any atom is 0.287 e. The lowest BCUT2D eigenvalue weighted by molar-refractivity contribution is -0.138. The molecule has 1 unspecified atom stereocenters. The predicted octanol–water partition coefficient (Wildman–Crippen LogP) is 7.27. The zero-order valence-corrected chi connectivity index (χ0v) is 25.2. The van der Waals surface area contributed by atoms with Gasteiger partial charge in [0, 0.05) is 44.2 Å². The number of alkyl halides is 2. The molecule has 2 aliphatic rings. The van der Waals surface area contributed by atoms with Gasteiger partial charge in [0.05, 0.1) is 0 Å². The van der Waals surface area contributed by atoms with Crippen LogP contribution in [0, 0.1) is 17.8 Å². The van der Waals surface area contributed by atoms with Crippen molar-refractivity contribution in [3.63, 3.8) is 0 Å². The van der Waals surface area contributed by atoms with E-state index < -0.39 is 5.92 Å². The Morgan fingerprint density at radius 3 is 2.02 bits per heavy atom. The van der Waals surface area contributed by atoms with Gasteiger partial charge in [0.1, 0.15) is 5.69 Å². The Kier molecular flexibility index (Phi) is 14.5. The number of nitrogens with zero attached hydrogens (tertiary/aromatic N) is 3. The number of benzene rings is 1. The number of likely N-dealkylation sites (tertiary alicyclic amines) is 1. The van der Waals surface area contributed by atoms with Gasteiger partial charge in [-0.15, -0.1) is 0 Å². The van der Waals surface area contributed by atoms with Crippen molar-refractivity contribution >= 4 is 11.9 Å². The number of anilines is 1. The van der Waals surface area contributed by atoms with Gasteiger partial charge in [0.2, 0.25) is 11.9 Å². The minimum Gasteiger partial charge on any atom is -0.351 e. The first-order chi connectivity index (χ1) is 19.0. The zero-order chi connectivity index (χ0) is 29.5. The van der Waals surface area contributed by atoms with Gasteiger partial charge in [-0.05, 0) is 62.8 Å². The summed E-state index contributed by atoms with van der Waals surface area (Å²) >= 11 is 0. The van der Waals surface area contributed by atoms with Crippen LogP contribution < -0.4 is 11.1 Å². The zero-order valence-electron chi connectivity index (χ0n) is 25.2. The Morgan fingerprint density at radius 2 is 1.57 bits per heavy atom. The second-order valence-corrected chi connectivity index (χ2v) is 11.5. The summed E-state index contributed by atoms with van der Waals surface area (Å²) in [4.78, 5) is 22.6. The van der Waals surface area contributed by atoms with Crippen LogP contribution in [-0.4, -0.2) is 45.9 Å². The van der Waals surface area contributed by atoms with Gasteiger partial charge in [0.25, 0.3) is 5.92 Å². The molecule has 1 aliphatic carbocycles. The van der Waals surface area contributed by atoms with Gasteiger partial charge in [-0.25, -0.2) is 9.97 Å². The summed E-state index contributed by atoms with van der Waals surface area (Å²) in [5.41, 5.74) is 5.41. The van der Waals surface area contributed by atoms with Crippen LogP contribution in [-0.2, 0) is 10.7 Å². The molecule has 0 bridgehead atoms.